The Morgan fingerprint density at radius 2 is 1.75 bits per heavy atom. The summed E-state index contributed by atoms with van der Waals surface area (Å²) >= 11 is 6.00. The summed E-state index contributed by atoms with van der Waals surface area (Å²) in [6, 6.07) is 20.4. The van der Waals surface area contributed by atoms with Crippen molar-refractivity contribution in [1.82, 2.24) is 20.1 Å². The fourth-order valence-electron chi connectivity index (χ4n) is 4.45. The highest BCUT2D eigenvalue weighted by Gasteiger charge is 2.26. The van der Waals surface area contributed by atoms with E-state index in [9.17, 15) is 24.6 Å². The van der Waals surface area contributed by atoms with E-state index in [1.54, 1.807) is 30.3 Å². The third kappa shape index (κ3) is 7.41. The van der Waals surface area contributed by atoms with Crippen molar-refractivity contribution in [1.29, 1.82) is 0 Å². The van der Waals surface area contributed by atoms with Gasteiger partial charge in [0.2, 0.25) is 5.88 Å². The lowest BCUT2D eigenvalue weighted by molar-refractivity contribution is -0.156. The topological polar surface area (TPSA) is 170 Å². The van der Waals surface area contributed by atoms with Gasteiger partial charge in [-0.15, -0.1) is 0 Å². The molecule has 5 aromatic rings. The van der Waals surface area contributed by atoms with Gasteiger partial charge >= 0.3 is 11.8 Å². The summed E-state index contributed by atoms with van der Waals surface area (Å²) in [4.78, 5) is 41.2. The van der Waals surface area contributed by atoms with E-state index in [4.69, 9.17) is 25.2 Å². The van der Waals surface area contributed by atoms with Gasteiger partial charge in [0, 0.05) is 29.7 Å². The van der Waals surface area contributed by atoms with E-state index in [1.807, 2.05) is 36.4 Å². The number of aromatic nitrogens is 3. The van der Waals surface area contributed by atoms with Gasteiger partial charge in [-0.25, -0.2) is 14.6 Å². The minimum atomic E-state index is -1.63. The number of ether oxygens (including phenoxy) is 1. The predicted octanol–water partition coefficient (Wildman–Crippen LogP) is 3.98. The molecule has 3 heterocycles. The van der Waals surface area contributed by atoms with Crippen LogP contribution < -0.4 is 11.1 Å². The maximum Gasteiger partial charge on any atom is 0.519 e. The molecule has 0 aliphatic rings. The van der Waals surface area contributed by atoms with Crippen LogP contribution in [0.3, 0.4) is 0 Å². The van der Waals surface area contributed by atoms with E-state index >= 15 is 0 Å². The average Bonchev–Trinajstić information content (AvgIpc) is 3.57. The molecular weight excluding hydrogens is 592 g/mol. The third-order valence-electron chi connectivity index (χ3n) is 6.70. The van der Waals surface area contributed by atoms with Gasteiger partial charge in [0.15, 0.2) is 35.7 Å². The zero-order valence-corrected chi connectivity index (χ0v) is 24.1. The molecule has 2 atom stereocenters. The highest BCUT2D eigenvalue weighted by atomic mass is 35.5. The van der Waals surface area contributed by atoms with Gasteiger partial charge in [-0.2, -0.15) is 9.78 Å². The number of benzene rings is 2. The van der Waals surface area contributed by atoms with Gasteiger partial charge in [0.1, 0.15) is 0 Å². The Kier molecular flexibility index (Phi) is 9.22. The first-order valence-corrected chi connectivity index (χ1v) is 13.8. The molecule has 0 aliphatic carbocycles. The first-order chi connectivity index (χ1) is 21.2. The smallest absolute Gasteiger partial charge is 0.493 e. The summed E-state index contributed by atoms with van der Waals surface area (Å²) < 4.78 is 15.8. The first kappa shape index (κ1) is 30.3. The third-order valence-corrected chi connectivity index (χ3v) is 6.95. The Balaban J connectivity index is 1.31. The van der Waals surface area contributed by atoms with Crippen LogP contribution in [-0.4, -0.2) is 49.0 Å². The lowest BCUT2D eigenvalue weighted by Crippen LogP contribution is -2.41. The minimum Gasteiger partial charge on any atom is -0.493 e. The van der Waals surface area contributed by atoms with Crippen molar-refractivity contribution in [2.45, 2.75) is 38.5 Å². The van der Waals surface area contributed by atoms with Crippen LogP contribution >= 0.6 is 11.6 Å². The van der Waals surface area contributed by atoms with Crippen molar-refractivity contribution in [3.05, 3.63) is 117 Å². The summed E-state index contributed by atoms with van der Waals surface area (Å²) in [7, 11) is 0. The van der Waals surface area contributed by atoms with Crippen LogP contribution in [-0.2, 0) is 22.6 Å². The van der Waals surface area contributed by atoms with Crippen LogP contribution in [0.4, 0.5) is 0 Å². The van der Waals surface area contributed by atoms with Crippen LogP contribution in [0.15, 0.2) is 92.6 Å². The number of esters is 1. The number of aryl methyl sites for hydroxylation is 1. The number of aliphatic hydroxyl groups excluding tert-OH is 1. The highest BCUT2D eigenvalue weighted by molar-refractivity contribution is 6.30. The van der Waals surface area contributed by atoms with Crippen LogP contribution in [0.1, 0.15) is 34.0 Å². The maximum atomic E-state index is 13.2. The molecule has 0 unspecified atom stereocenters. The first-order valence-electron chi connectivity index (χ1n) is 13.5. The van der Waals surface area contributed by atoms with Gasteiger partial charge in [-0.3, -0.25) is 4.79 Å². The van der Waals surface area contributed by atoms with E-state index in [2.05, 4.69) is 15.4 Å². The molecule has 0 radical (unpaired) electrons. The van der Waals surface area contributed by atoms with Gasteiger partial charge in [-0.1, -0.05) is 54.1 Å². The molecule has 0 saturated heterocycles. The standard InChI is InChI=1S/C31H27ClN4O8/c1-18-26(44-31(41)43-18)17-42-30(40)25(37)15-23(14-19-5-7-20(8-6-19)21-9-11-22(32)12-10-21)34-29(39)24-16-28(38)36(35-24)27-4-2-3-13-33-27/h2-13,16,23,25,37-38H,14-15,17H2,1H3,(H,34,39)/t23-,25-/m1/s1. The quantitative estimate of drug-likeness (QED) is 0.184. The van der Waals surface area contributed by atoms with E-state index in [1.165, 1.54) is 19.2 Å². The van der Waals surface area contributed by atoms with Crippen LogP contribution in [0.25, 0.3) is 16.9 Å². The second-order valence-electron chi connectivity index (χ2n) is 9.86. The Hall–Kier alpha value is -5.20. The van der Waals surface area contributed by atoms with Crippen LogP contribution in [0, 0.1) is 6.92 Å². The summed E-state index contributed by atoms with van der Waals surface area (Å²) in [5, 5.41) is 28.6. The lowest BCUT2D eigenvalue weighted by Gasteiger charge is -2.21. The lowest BCUT2D eigenvalue weighted by atomic mass is 9.97. The van der Waals surface area contributed by atoms with E-state index in [-0.39, 0.29) is 35.9 Å². The number of amides is 1. The summed E-state index contributed by atoms with van der Waals surface area (Å²) in [6.07, 6.45) is -0.0938. The number of nitrogens with zero attached hydrogens (tertiary/aromatic N) is 3. The fourth-order valence-corrected chi connectivity index (χ4v) is 4.57. The zero-order valence-electron chi connectivity index (χ0n) is 23.3. The van der Waals surface area contributed by atoms with E-state index in [0.29, 0.717) is 10.8 Å². The summed E-state index contributed by atoms with van der Waals surface area (Å²) in [5.41, 5.74) is 2.63. The summed E-state index contributed by atoms with van der Waals surface area (Å²) in [5.74, 6) is -2.38. The number of halogens is 1. The number of carbonyl (C=O) groups excluding carboxylic acids is 2. The molecule has 226 valence electrons. The normalized spacial score (nSPS) is 12.4. The number of nitrogens with one attached hydrogen (secondary N) is 1. The Bertz CT molecular complexity index is 1800. The predicted molar refractivity (Wildman–Crippen MR) is 157 cm³/mol. The molecule has 1 amide bonds. The number of carbonyl (C=O) groups is 2. The Labute approximate surface area is 255 Å². The molecule has 0 spiro atoms. The number of hydrogen-bond acceptors (Lipinski definition) is 10. The van der Waals surface area contributed by atoms with Crippen molar-refractivity contribution in [2.75, 3.05) is 0 Å². The number of rotatable bonds is 11. The number of hydrogen-bond donors (Lipinski definition) is 3. The van der Waals surface area contributed by atoms with Crippen molar-refractivity contribution in [3.63, 3.8) is 0 Å². The number of pyridine rings is 1. The van der Waals surface area contributed by atoms with Crippen molar-refractivity contribution >= 4 is 23.5 Å². The molecule has 0 fully saturated rings. The Morgan fingerprint density at radius 3 is 2.39 bits per heavy atom. The molecule has 3 aromatic heterocycles. The molecule has 44 heavy (non-hydrogen) atoms. The molecule has 2 aromatic carbocycles. The van der Waals surface area contributed by atoms with Crippen LogP contribution in [0.5, 0.6) is 5.88 Å². The highest BCUT2D eigenvalue weighted by Crippen LogP contribution is 2.23. The van der Waals surface area contributed by atoms with Crippen molar-refractivity contribution < 1.29 is 33.4 Å². The zero-order chi connectivity index (χ0) is 31.2. The number of aliphatic hydroxyl groups is 1. The van der Waals surface area contributed by atoms with Crippen molar-refractivity contribution in [2.24, 2.45) is 0 Å². The monoisotopic (exact) mass is 618 g/mol. The summed E-state index contributed by atoms with van der Waals surface area (Å²) in [6.45, 7) is 1.06. The van der Waals surface area contributed by atoms with Gasteiger partial charge in [0.25, 0.3) is 5.91 Å². The largest absolute Gasteiger partial charge is 0.519 e. The van der Waals surface area contributed by atoms with E-state index < -0.39 is 36.5 Å². The van der Waals surface area contributed by atoms with E-state index in [0.717, 1.165) is 21.4 Å². The second kappa shape index (κ2) is 13.4. The molecular formula is C31H27ClN4O8. The SMILES string of the molecule is Cc1oc(=O)oc1COC(=O)[C@H](O)C[C@@H](Cc1ccc(-c2ccc(Cl)cc2)cc1)NC(=O)c1cc(O)n(-c2ccccn2)n1. The minimum absolute atomic E-state index is 0.0180. The maximum absolute atomic E-state index is 13.2. The fraction of sp³-hybridized carbons (Fsp3) is 0.194. The molecule has 0 aliphatic heterocycles. The van der Waals surface area contributed by atoms with Gasteiger partial charge in [0.05, 0.1) is 0 Å². The molecule has 0 saturated carbocycles. The Morgan fingerprint density at radius 1 is 1.05 bits per heavy atom. The van der Waals surface area contributed by atoms with Gasteiger partial charge < -0.3 is 29.1 Å². The number of aromatic hydroxyl groups is 1. The second-order valence-corrected chi connectivity index (χ2v) is 10.3. The molecule has 5 rings (SSSR count). The van der Waals surface area contributed by atoms with Gasteiger partial charge in [-0.05, 0) is 54.3 Å². The molecule has 12 nitrogen and oxygen atoms in total. The average molecular weight is 619 g/mol. The van der Waals surface area contributed by atoms with Crippen molar-refractivity contribution in [3.8, 4) is 22.8 Å². The molecule has 3 N–H and O–H groups in total. The van der Waals surface area contributed by atoms with Crippen LogP contribution in [0.2, 0.25) is 5.02 Å². The molecule has 13 heteroatoms. The molecule has 0 bridgehead atoms.